The molecular weight excluding hydrogens is 332 g/mol. The number of nitrogens with one attached hydrogen (secondary N) is 1. The van der Waals surface area contributed by atoms with E-state index < -0.39 is 4.92 Å². The molecule has 9 heteroatoms. The Hall–Kier alpha value is -2.45. The van der Waals surface area contributed by atoms with Gasteiger partial charge in [0.25, 0.3) is 0 Å². The second-order valence-electron chi connectivity index (χ2n) is 5.57. The highest BCUT2D eigenvalue weighted by atomic mass is 35.5. The summed E-state index contributed by atoms with van der Waals surface area (Å²) in [6.07, 6.45) is 1.35. The van der Waals surface area contributed by atoms with E-state index in [9.17, 15) is 10.1 Å². The molecule has 1 N–H and O–H groups in total. The molecular formula is C15H17ClN6O2. The third-order valence-electron chi connectivity index (χ3n) is 3.90. The van der Waals surface area contributed by atoms with Crippen LogP contribution in [0.1, 0.15) is 0 Å². The minimum Gasteiger partial charge on any atom is -0.348 e. The van der Waals surface area contributed by atoms with Gasteiger partial charge in [-0.05, 0) is 31.3 Å². The summed E-state index contributed by atoms with van der Waals surface area (Å²) in [6.45, 7) is 3.05. The number of rotatable bonds is 4. The van der Waals surface area contributed by atoms with Gasteiger partial charge in [0.15, 0.2) is 0 Å². The van der Waals surface area contributed by atoms with E-state index >= 15 is 0 Å². The summed E-state index contributed by atoms with van der Waals surface area (Å²) in [4.78, 5) is 23.5. The maximum atomic E-state index is 11.6. The maximum absolute atomic E-state index is 11.6. The molecule has 3 rings (SSSR count). The van der Waals surface area contributed by atoms with Crippen molar-refractivity contribution in [3.63, 3.8) is 0 Å². The number of aromatic nitrogens is 2. The van der Waals surface area contributed by atoms with E-state index in [-0.39, 0.29) is 11.5 Å². The van der Waals surface area contributed by atoms with Crippen molar-refractivity contribution < 1.29 is 4.92 Å². The molecule has 1 saturated heterocycles. The van der Waals surface area contributed by atoms with Gasteiger partial charge in [0.2, 0.25) is 11.6 Å². The number of halogens is 1. The van der Waals surface area contributed by atoms with Crippen molar-refractivity contribution >= 4 is 34.6 Å². The number of hydrogen-bond donors (Lipinski definition) is 1. The van der Waals surface area contributed by atoms with Gasteiger partial charge >= 0.3 is 5.69 Å². The predicted molar refractivity (Wildman–Crippen MR) is 93.1 cm³/mol. The molecule has 0 radical (unpaired) electrons. The molecule has 1 fully saturated rings. The second-order valence-corrected chi connectivity index (χ2v) is 6.01. The lowest BCUT2D eigenvalue weighted by Gasteiger charge is -2.32. The summed E-state index contributed by atoms with van der Waals surface area (Å²) in [5, 5.41) is 15.2. The Morgan fingerprint density at radius 3 is 2.46 bits per heavy atom. The molecule has 0 bridgehead atoms. The predicted octanol–water partition coefficient (Wildman–Crippen LogP) is 2.53. The van der Waals surface area contributed by atoms with Crippen molar-refractivity contribution in [2.45, 2.75) is 0 Å². The van der Waals surface area contributed by atoms with Crippen LogP contribution in [-0.2, 0) is 0 Å². The van der Waals surface area contributed by atoms with Gasteiger partial charge in [-0.25, -0.2) is 9.97 Å². The summed E-state index contributed by atoms with van der Waals surface area (Å²) in [6, 6.07) is 6.89. The summed E-state index contributed by atoms with van der Waals surface area (Å²) in [7, 11) is 2.03. The molecule has 0 amide bonds. The quantitative estimate of drug-likeness (QED) is 0.671. The van der Waals surface area contributed by atoms with Crippen LogP contribution in [-0.4, -0.2) is 53.0 Å². The maximum Gasteiger partial charge on any atom is 0.353 e. The first-order valence-corrected chi connectivity index (χ1v) is 7.88. The molecule has 1 aromatic carbocycles. The average molecular weight is 349 g/mol. The second kappa shape index (κ2) is 6.98. The highest BCUT2D eigenvalue weighted by molar-refractivity contribution is 6.30. The Morgan fingerprint density at radius 2 is 1.83 bits per heavy atom. The molecule has 0 unspecified atom stereocenters. The number of nitrogens with zero attached hydrogens (tertiary/aromatic N) is 5. The summed E-state index contributed by atoms with van der Waals surface area (Å²) < 4.78 is 0. The zero-order valence-corrected chi connectivity index (χ0v) is 13.9. The lowest BCUT2D eigenvalue weighted by molar-refractivity contribution is -0.383. The van der Waals surface area contributed by atoms with Crippen LogP contribution >= 0.6 is 11.6 Å². The van der Waals surface area contributed by atoms with E-state index in [0.717, 1.165) is 13.1 Å². The van der Waals surface area contributed by atoms with Gasteiger partial charge in [-0.1, -0.05) is 11.6 Å². The van der Waals surface area contributed by atoms with Crippen molar-refractivity contribution in [2.24, 2.45) is 0 Å². The molecule has 2 heterocycles. The highest BCUT2D eigenvalue weighted by Gasteiger charge is 2.28. The SMILES string of the molecule is CN1CCN(c2ncnc(Nc3ccc(Cl)cc3)c2[N+](=O)[O-])CC1. The number of piperazine rings is 1. The molecule has 0 atom stereocenters. The first-order valence-electron chi connectivity index (χ1n) is 7.50. The highest BCUT2D eigenvalue weighted by Crippen LogP contribution is 2.34. The fraction of sp³-hybridized carbons (Fsp3) is 0.333. The minimum absolute atomic E-state index is 0.114. The van der Waals surface area contributed by atoms with Crippen LogP contribution in [0.25, 0.3) is 0 Å². The molecule has 126 valence electrons. The van der Waals surface area contributed by atoms with Gasteiger partial charge in [-0.15, -0.1) is 0 Å². The first-order chi connectivity index (χ1) is 11.5. The number of likely N-dealkylation sites (N-methyl/N-ethyl adjacent to an activating group) is 1. The molecule has 0 spiro atoms. The Balaban J connectivity index is 1.93. The molecule has 1 aromatic heterocycles. The number of benzene rings is 1. The van der Waals surface area contributed by atoms with Crippen LogP contribution < -0.4 is 10.2 Å². The van der Waals surface area contributed by atoms with Gasteiger partial charge in [0.05, 0.1) is 4.92 Å². The van der Waals surface area contributed by atoms with E-state index in [1.807, 2.05) is 11.9 Å². The largest absolute Gasteiger partial charge is 0.353 e. The van der Waals surface area contributed by atoms with E-state index in [4.69, 9.17) is 11.6 Å². The van der Waals surface area contributed by atoms with Crippen molar-refractivity contribution in [1.29, 1.82) is 0 Å². The van der Waals surface area contributed by atoms with E-state index in [0.29, 0.717) is 29.6 Å². The fourth-order valence-electron chi connectivity index (χ4n) is 2.55. The zero-order chi connectivity index (χ0) is 17.1. The van der Waals surface area contributed by atoms with Crippen molar-refractivity contribution in [3.05, 3.63) is 45.7 Å². The molecule has 2 aromatic rings. The molecule has 1 aliphatic heterocycles. The third-order valence-corrected chi connectivity index (χ3v) is 4.15. The van der Waals surface area contributed by atoms with E-state index in [2.05, 4.69) is 20.2 Å². The normalized spacial score (nSPS) is 15.3. The molecule has 0 aliphatic carbocycles. The fourth-order valence-corrected chi connectivity index (χ4v) is 2.67. The molecule has 1 aliphatic rings. The summed E-state index contributed by atoms with van der Waals surface area (Å²) in [5.41, 5.74) is 0.558. The Morgan fingerprint density at radius 1 is 1.17 bits per heavy atom. The topological polar surface area (TPSA) is 87.4 Å². The van der Waals surface area contributed by atoms with Crippen LogP contribution in [0.5, 0.6) is 0 Å². The molecule has 0 saturated carbocycles. The van der Waals surface area contributed by atoms with Gasteiger partial charge in [-0.3, -0.25) is 10.1 Å². The summed E-state index contributed by atoms with van der Waals surface area (Å²) in [5.74, 6) is 0.519. The molecule has 24 heavy (non-hydrogen) atoms. The van der Waals surface area contributed by atoms with Crippen LogP contribution in [0.3, 0.4) is 0 Å². The van der Waals surface area contributed by atoms with Crippen LogP contribution in [0.2, 0.25) is 5.02 Å². The van der Waals surface area contributed by atoms with E-state index in [1.54, 1.807) is 24.3 Å². The molecule has 8 nitrogen and oxygen atoms in total. The standard InChI is InChI=1S/C15H17ClN6O2/c1-20-6-8-21(9-7-20)15-13(22(23)24)14(17-10-18-15)19-12-4-2-11(16)3-5-12/h2-5,10H,6-9H2,1H3,(H,17,18,19). The third kappa shape index (κ3) is 3.55. The van der Waals surface area contributed by atoms with Crippen molar-refractivity contribution in [1.82, 2.24) is 14.9 Å². The van der Waals surface area contributed by atoms with Crippen LogP contribution in [0, 0.1) is 10.1 Å². The van der Waals surface area contributed by atoms with Gasteiger partial charge in [0.1, 0.15) is 6.33 Å². The van der Waals surface area contributed by atoms with Crippen molar-refractivity contribution in [3.8, 4) is 0 Å². The summed E-state index contributed by atoms with van der Waals surface area (Å²) >= 11 is 5.86. The Bertz CT molecular complexity index is 731. The van der Waals surface area contributed by atoms with Gasteiger partial charge < -0.3 is 15.1 Å². The lowest BCUT2D eigenvalue weighted by atomic mass is 10.3. The average Bonchev–Trinajstić information content (AvgIpc) is 2.57. The number of nitro groups is 1. The number of anilines is 3. The van der Waals surface area contributed by atoms with Crippen LogP contribution in [0.4, 0.5) is 23.0 Å². The Kier molecular flexibility index (Phi) is 4.77. The zero-order valence-electron chi connectivity index (χ0n) is 13.1. The van der Waals surface area contributed by atoms with E-state index in [1.165, 1.54) is 6.33 Å². The number of hydrogen-bond acceptors (Lipinski definition) is 7. The van der Waals surface area contributed by atoms with Gasteiger partial charge in [0, 0.05) is 36.9 Å². The smallest absolute Gasteiger partial charge is 0.348 e. The first kappa shape index (κ1) is 16.4. The Labute approximate surface area is 144 Å². The lowest BCUT2D eigenvalue weighted by Crippen LogP contribution is -2.45. The van der Waals surface area contributed by atoms with Gasteiger partial charge in [-0.2, -0.15) is 0 Å². The van der Waals surface area contributed by atoms with Crippen molar-refractivity contribution in [2.75, 3.05) is 43.4 Å². The minimum atomic E-state index is -0.439. The monoisotopic (exact) mass is 348 g/mol. The van der Waals surface area contributed by atoms with Crippen LogP contribution in [0.15, 0.2) is 30.6 Å².